The maximum atomic E-state index is 2.35. The molecule has 1 atom stereocenters. The topological polar surface area (TPSA) is 7.12 Å². The molecule has 3 aromatic rings. The molecule has 0 N–H and O–H groups in total. The van der Waals surface area contributed by atoms with Crippen LogP contribution in [0, 0.1) is 0 Å². The van der Waals surface area contributed by atoms with Gasteiger partial charge in [0.15, 0.2) is 6.20 Å². The van der Waals surface area contributed by atoms with E-state index in [-0.39, 0.29) is 0 Å². The molecule has 1 aliphatic heterocycles. The summed E-state index contributed by atoms with van der Waals surface area (Å²) in [5.41, 5.74) is 6.56. The second-order valence-corrected chi connectivity index (χ2v) is 7.56. The summed E-state index contributed by atoms with van der Waals surface area (Å²) in [6.45, 7) is 0. The first-order chi connectivity index (χ1) is 11.6. The summed E-state index contributed by atoms with van der Waals surface area (Å²) in [6, 6.07) is 21.7. The van der Waals surface area contributed by atoms with Gasteiger partial charge in [-0.1, -0.05) is 36.4 Å². The van der Waals surface area contributed by atoms with Crippen LogP contribution >= 0.6 is 11.8 Å². The minimum Gasteiger partial charge on any atom is -0.293 e. The lowest BCUT2D eigenvalue weighted by atomic mass is 9.97. The highest BCUT2D eigenvalue weighted by molar-refractivity contribution is 7.99. The van der Waals surface area contributed by atoms with Gasteiger partial charge in [0, 0.05) is 22.1 Å². The summed E-state index contributed by atoms with van der Waals surface area (Å²) < 4.78 is 2.25. The van der Waals surface area contributed by atoms with Gasteiger partial charge < -0.3 is 0 Å². The third-order valence-electron chi connectivity index (χ3n) is 4.53. The second-order valence-electron chi connectivity index (χ2n) is 6.43. The smallest absolute Gasteiger partial charge is 0.212 e. The fourth-order valence-corrected chi connectivity index (χ4v) is 4.58. The van der Waals surface area contributed by atoms with Gasteiger partial charge in [-0.25, -0.2) is 4.57 Å². The van der Waals surface area contributed by atoms with Crippen LogP contribution in [0.15, 0.2) is 71.8 Å². The molecule has 0 fully saturated rings. The molecule has 4 rings (SSSR count). The standard InChI is InChI=1S/C21H21N2S/c1-22(2)21-18-14-23(3)19(15-9-5-4-6-10-15)13-17(18)16-11-7-8-12-20(16)24-21/h4-14,21H,1-3H3/q+1. The van der Waals surface area contributed by atoms with Crippen LogP contribution in [0.3, 0.4) is 0 Å². The van der Waals surface area contributed by atoms with Crippen LogP contribution < -0.4 is 4.57 Å². The van der Waals surface area contributed by atoms with Crippen molar-refractivity contribution in [2.75, 3.05) is 14.1 Å². The van der Waals surface area contributed by atoms with E-state index in [9.17, 15) is 0 Å². The molecular formula is C21H21N2S+. The number of pyridine rings is 1. The van der Waals surface area contributed by atoms with E-state index >= 15 is 0 Å². The van der Waals surface area contributed by atoms with Crippen molar-refractivity contribution in [3.8, 4) is 22.4 Å². The third-order valence-corrected chi connectivity index (χ3v) is 6.03. The van der Waals surface area contributed by atoms with Crippen molar-refractivity contribution in [3.63, 3.8) is 0 Å². The number of hydrogen-bond acceptors (Lipinski definition) is 2. The van der Waals surface area contributed by atoms with Crippen molar-refractivity contribution < 1.29 is 4.57 Å². The Morgan fingerprint density at radius 1 is 0.917 bits per heavy atom. The van der Waals surface area contributed by atoms with E-state index in [1.165, 1.54) is 32.8 Å². The highest BCUT2D eigenvalue weighted by atomic mass is 32.2. The van der Waals surface area contributed by atoms with Crippen molar-refractivity contribution in [3.05, 3.63) is 72.4 Å². The van der Waals surface area contributed by atoms with Crippen molar-refractivity contribution in [1.29, 1.82) is 0 Å². The van der Waals surface area contributed by atoms with E-state index in [2.05, 4.69) is 97.5 Å². The lowest BCUT2D eigenvalue weighted by Gasteiger charge is -2.30. The number of thioether (sulfide) groups is 1. The number of fused-ring (bicyclic) bond motifs is 3. The van der Waals surface area contributed by atoms with Crippen molar-refractivity contribution >= 4 is 11.8 Å². The van der Waals surface area contributed by atoms with Gasteiger partial charge in [-0.3, -0.25) is 4.90 Å². The molecule has 0 amide bonds. The van der Waals surface area contributed by atoms with Crippen LogP contribution in [-0.2, 0) is 7.05 Å². The molecule has 2 aromatic carbocycles. The fourth-order valence-electron chi connectivity index (χ4n) is 3.35. The fraction of sp³-hybridized carbons (Fsp3) is 0.190. The Labute approximate surface area is 147 Å². The zero-order valence-corrected chi connectivity index (χ0v) is 15.0. The van der Waals surface area contributed by atoms with Crippen molar-refractivity contribution in [1.82, 2.24) is 4.90 Å². The zero-order chi connectivity index (χ0) is 16.7. The Morgan fingerprint density at radius 2 is 1.62 bits per heavy atom. The first-order valence-electron chi connectivity index (χ1n) is 8.16. The largest absolute Gasteiger partial charge is 0.293 e. The lowest BCUT2D eigenvalue weighted by molar-refractivity contribution is -0.660. The quantitative estimate of drug-likeness (QED) is 0.637. The molecule has 24 heavy (non-hydrogen) atoms. The molecule has 0 spiro atoms. The third kappa shape index (κ3) is 2.54. The molecular weight excluding hydrogens is 312 g/mol. The van der Waals surface area contributed by atoms with E-state index in [0.29, 0.717) is 5.37 Å². The molecule has 0 saturated carbocycles. The van der Waals surface area contributed by atoms with Gasteiger partial charge in [0.25, 0.3) is 0 Å². The average molecular weight is 333 g/mol. The molecule has 0 aliphatic carbocycles. The summed E-state index contributed by atoms with van der Waals surface area (Å²) in [6.07, 6.45) is 2.30. The lowest BCUT2D eigenvalue weighted by Crippen LogP contribution is -2.33. The summed E-state index contributed by atoms with van der Waals surface area (Å²) >= 11 is 1.93. The number of aryl methyl sites for hydroxylation is 1. The van der Waals surface area contributed by atoms with Gasteiger partial charge in [0.2, 0.25) is 5.69 Å². The molecule has 0 saturated heterocycles. The average Bonchev–Trinajstić information content (AvgIpc) is 2.61. The molecule has 2 nitrogen and oxygen atoms in total. The van der Waals surface area contributed by atoms with Crippen LogP contribution in [0.1, 0.15) is 10.9 Å². The van der Waals surface area contributed by atoms with E-state index < -0.39 is 0 Å². The highest BCUT2D eigenvalue weighted by Gasteiger charge is 2.30. The van der Waals surface area contributed by atoms with Gasteiger partial charge in [-0.2, -0.15) is 0 Å². The van der Waals surface area contributed by atoms with Gasteiger partial charge in [-0.15, -0.1) is 11.8 Å². The Morgan fingerprint density at radius 3 is 2.38 bits per heavy atom. The summed E-state index contributed by atoms with van der Waals surface area (Å²) in [7, 11) is 6.45. The van der Waals surface area contributed by atoms with Crippen LogP contribution in [0.5, 0.6) is 0 Å². The molecule has 3 heteroatoms. The van der Waals surface area contributed by atoms with Crippen molar-refractivity contribution in [2.45, 2.75) is 10.3 Å². The first-order valence-corrected chi connectivity index (χ1v) is 9.04. The Bertz CT molecular complexity index is 888. The second kappa shape index (κ2) is 6.08. The van der Waals surface area contributed by atoms with Gasteiger partial charge in [-0.05, 0) is 37.9 Å². The van der Waals surface area contributed by atoms with Gasteiger partial charge in [0.1, 0.15) is 7.05 Å². The normalized spacial score (nSPS) is 15.9. The number of nitrogens with zero attached hydrogens (tertiary/aromatic N) is 2. The zero-order valence-electron chi connectivity index (χ0n) is 14.2. The van der Waals surface area contributed by atoms with E-state index in [4.69, 9.17) is 0 Å². The van der Waals surface area contributed by atoms with E-state index in [1.807, 2.05) is 11.8 Å². The number of hydrogen-bond donors (Lipinski definition) is 0. The minimum absolute atomic E-state index is 0.339. The SMILES string of the molecule is CN(C)C1Sc2ccccc2-c2cc(-c3ccccc3)[n+](C)cc21. The summed E-state index contributed by atoms with van der Waals surface area (Å²) in [5, 5.41) is 0.339. The van der Waals surface area contributed by atoms with E-state index in [0.717, 1.165) is 0 Å². The van der Waals surface area contributed by atoms with Crippen molar-refractivity contribution in [2.24, 2.45) is 7.05 Å². The van der Waals surface area contributed by atoms with Gasteiger partial charge >= 0.3 is 0 Å². The molecule has 120 valence electrons. The molecule has 1 aromatic heterocycles. The number of benzene rings is 2. The summed E-state index contributed by atoms with van der Waals surface area (Å²) in [4.78, 5) is 3.65. The molecule has 0 radical (unpaired) electrons. The maximum Gasteiger partial charge on any atom is 0.212 e. The van der Waals surface area contributed by atoms with Crippen LogP contribution in [0.2, 0.25) is 0 Å². The molecule has 1 aliphatic rings. The Balaban J connectivity index is 1.97. The predicted molar refractivity (Wildman–Crippen MR) is 101 cm³/mol. The number of aromatic nitrogens is 1. The molecule has 0 bridgehead atoms. The molecule has 1 unspecified atom stereocenters. The van der Waals surface area contributed by atoms with Crippen LogP contribution in [0.25, 0.3) is 22.4 Å². The summed E-state index contributed by atoms with van der Waals surface area (Å²) in [5.74, 6) is 0. The maximum absolute atomic E-state index is 2.35. The highest BCUT2D eigenvalue weighted by Crippen LogP contribution is 2.49. The van der Waals surface area contributed by atoms with Crippen LogP contribution in [-0.4, -0.2) is 19.0 Å². The predicted octanol–water partition coefficient (Wildman–Crippen LogP) is 4.51. The Kier molecular flexibility index (Phi) is 3.91. The number of rotatable bonds is 2. The Hall–Kier alpha value is -2.10. The monoisotopic (exact) mass is 333 g/mol. The van der Waals surface area contributed by atoms with E-state index in [1.54, 1.807) is 0 Å². The van der Waals surface area contributed by atoms with Gasteiger partial charge in [0.05, 0.1) is 10.9 Å². The molecule has 2 heterocycles. The van der Waals surface area contributed by atoms with Crippen LogP contribution in [0.4, 0.5) is 0 Å². The minimum atomic E-state index is 0.339. The first kappa shape index (κ1) is 15.4.